The highest BCUT2D eigenvalue weighted by molar-refractivity contribution is 5.87. The van der Waals surface area contributed by atoms with Crippen LogP contribution in [0.2, 0.25) is 0 Å². The maximum Gasteiger partial charge on any atom is 0.335 e. The third-order valence-electron chi connectivity index (χ3n) is 2.82. The molecule has 0 amide bonds. The predicted octanol–water partition coefficient (Wildman–Crippen LogP) is 1.24. The van der Waals surface area contributed by atoms with E-state index < -0.39 is 5.97 Å². The van der Waals surface area contributed by atoms with Crippen molar-refractivity contribution in [2.45, 2.75) is 13.3 Å². The summed E-state index contributed by atoms with van der Waals surface area (Å²) in [4.78, 5) is 22.8. The smallest absolute Gasteiger partial charge is 0.335 e. The van der Waals surface area contributed by atoms with Crippen LogP contribution in [-0.2, 0) is 6.42 Å². The van der Waals surface area contributed by atoms with E-state index in [1.54, 1.807) is 6.92 Å². The lowest BCUT2D eigenvalue weighted by atomic mass is 10.2. The van der Waals surface area contributed by atoms with Crippen LogP contribution in [0.1, 0.15) is 21.6 Å². The Hall–Kier alpha value is -2.81. The molecule has 6 heteroatoms. The number of aryl methyl sites for hydroxylation is 1. The Morgan fingerprint density at radius 1 is 1.42 bits per heavy atom. The third-order valence-corrected chi connectivity index (χ3v) is 2.82. The summed E-state index contributed by atoms with van der Waals surface area (Å²) in [7, 11) is 0. The van der Waals surface area contributed by atoms with E-state index in [4.69, 9.17) is 10.4 Å². The quantitative estimate of drug-likeness (QED) is 0.864. The SMILES string of the molecule is Cc1[nH]n(-c2ccc(C(=O)O)cc2)c(=O)c1CC#N. The zero-order chi connectivity index (χ0) is 14.0. The van der Waals surface area contributed by atoms with Gasteiger partial charge in [0.05, 0.1) is 29.3 Å². The van der Waals surface area contributed by atoms with E-state index in [1.807, 2.05) is 6.07 Å². The lowest BCUT2D eigenvalue weighted by Crippen LogP contribution is -2.17. The van der Waals surface area contributed by atoms with Crippen LogP contribution in [0.25, 0.3) is 5.69 Å². The number of H-pyrrole nitrogens is 1. The molecular formula is C13H11N3O3. The predicted molar refractivity (Wildman–Crippen MR) is 67.4 cm³/mol. The van der Waals surface area contributed by atoms with Gasteiger partial charge in [0, 0.05) is 5.69 Å². The summed E-state index contributed by atoms with van der Waals surface area (Å²) < 4.78 is 1.30. The number of carboxylic acid groups (broad SMARTS) is 1. The first-order valence-electron chi connectivity index (χ1n) is 5.55. The second kappa shape index (κ2) is 4.82. The molecule has 0 aliphatic heterocycles. The van der Waals surface area contributed by atoms with Gasteiger partial charge in [-0.05, 0) is 31.2 Å². The number of nitrogens with one attached hydrogen (secondary N) is 1. The first kappa shape index (κ1) is 12.6. The van der Waals surface area contributed by atoms with Crippen LogP contribution < -0.4 is 5.56 Å². The van der Waals surface area contributed by atoms with Gasteiger partial charge >= 0.3 is 5.97 Å². The zero-order valence-corrected chi connectivity index (χ0v) is 10.2. The van der Waals surface area contributed by atoms with Gasteiger partial charge in [0.25, 0.3) is 5.56 Å². The minimum Gasteiger partial charge on any atom is -0.478 e. The molecule has 2 aromatic rings. The van der Waals surface area contributed by atoms with Gasteiger partial charge in [0.1, 0.15) is 0 Å². The van der Waals surface area contributed by atoms with E-state index in [-0.39, 0.29) is 17.5 Å². The van der Waals surface area contributed by atoms with Gasteiger partial charge in [0.2, 0.25) is 0 Å². The van der Waals surface area contributed by atoms with Crippen molar-refractivity contribution in [1.29, 1.82) is 5.26 Å². The molecular weight excluding hydrogens is 246 g/mol. The number of rotatable bonds is 3. The molecule has 0 saturated carbocycles. The Bertz CT molecular complexity index is 717. The number of aromatic nitrogens is 2. The minimum atomic E-state index is -1.02. The van der Waals surface area contributed by atoms with Crippen LogP contribution in [0.15, 0.2) is 29.1 Å². The van der Waals surface area contributed by atoms with Gasteiger partial charge in [0.15, 0.2) is 0 Å². The van der Waals surface area contributed by atoms with Gasteiger partial charge in [-0.2, -0.15) is 5.26 Å². The average molecular weight is 257 g/mol. The zero-order valence-electron chi connectivity index (χ0n) is 10.2. The summed E-state index contributed by atoms with van der Waals surface area (Å²) in [6.45, 7) is 1.72. The Morgan fingerprint density at radius 2 is 2.05 bits per heavy atom. The van der Waals surface area contributed by atoms with Crippen molar-refractivity contribution in [3.8, 4) is 11.8 Å². The third kappa shape index (κ3) is 2.26. The summed E-state index contributed by atoms with van der Waals surface area (Å²) in [6.07, 6.45) is 0.0430. The standard InChI is InChI=1S/C13H11N3O3/c1-8-11(6-7-14)12(17)16(15-8)10-4-2-9(3-5-10)13(18)19/h2-5,15H,6H2,1H3,(H,18,19). The number of benzene rings is 1. The van der Waals surface area contributed by atoms with Crippen molar-refractivity contribution in [3.05, 3.63) is 51.4 Å². The van der Waals surface area contributed by atoms with Gasteiger partial charge in [-0.15, -0.1) is 0 Å². The molecule has 19 heavy (non-hydrogen) atoms. The Labute approximate surface area is 108 Å². The van der Waals surface area contributed by atoms with E-state index in [9.17, 15) is 9.59 Å². The fourth-order valence-corrected chi connectivity index (χ4v) is 1.80. The first-order chi connectivity index (χ1) is 9.04. The molecule has 0 spiro atoms. The maximum absolute atomic E-state index is 12.1. The Balaban J connectivity index is 2.48. The number of carboxylic acids is 1. The van der Waals surface area contributed by atoms with Crippen molar-refractivity contribution in [2.24, 2.45) is 0 Å². The molecule has 2 N–H and O–H groups in total. The number of hydrogen-bond acceptors (Lipinski definition) is 3. The topological polar surface area (TPSA) is 98.9 Å². The summed E-state index contributed by atoms with van der Waals surface area (Å²) in [5, 5.41) is 20.3. The van der Waals surface area contributed by atoms with Crippen molar-refractivity contribution >= 4 is 5.97 Å². The molecule has 96 valence electrons. The van der Waals surface area contributed by atoms with Crippen LogP contribution in [0.5, 0.6) is 0 Å². The van der Waals surface area contributed by atoms with Crippen LogP contribution in [0.4, 0.5) is 0 Å². The highest BCUT2D eigenvalue weighted by Gasteiger charge is 2.12. The summed E-state index contributed by atoms with van der Waals surface area (Å²) in [5.74, 6) is -1.02. The Kier molecular flexibility index (Phi) is 3.21. The fraction of sp³-hybridized carbons (Fsp3) is 0.154. The summed E-state index contributed by atoms with van der Waals surface area (Å²) >= 11 is 0. The maximum atomic E-state index is 12.1. The number of aromatic amines is 1. The summed E-state index contributed by atoms with van der Waals surface area (Å²) in [6, 6.07) is 7.86. The molecule has 1 aromatic carbocycles. The van der Waals surface area contributed by atoms with Crippen molar-refractivity contribution < 1.29 is 9.90 Å². The van der Waals surface area contributed by atoms with Gasteiger partial charge in [-0.3, -0.25) is 9.89 Å². The van der Waals surface area contributed by atoms with E-state index in [0.29, 0.717) is 16.9 Å². The molecule has 1 heterocycles. The first-order valence-corrected chi connectivity index (χ1v) is 5.55. The fourth-order valence-electron chi connectivity index (χ4n) is 1.80. The highest BCUT2D eigenvalue weighted by Crippen LogP contribution is 2.09. The second-order valence-corrected chi connectivity index (χ2v) is 4.04. The van der Waals surface area contributed by atoms with Crippen LogP contribution >= 0.6 is 0 Å². The van der Waals surface area contributed by atoms with Gasteiger partial charge in [-0.1, -0.05) is 0 Å². The molecule has 0 aliphatic rings. The Morgan fingerprint density at radius 3 is 2.58 bits per heavy atom. The molecule has 6 nitrogen and oxygen atoms in total. The lowest BCUT2D eigenvalue weighted by Gasteiger charge is -2.01. The van der Waals surface area contributed by atoms with Crippen molar-refractivity contribution in [1.82, 2.24) is 9.78 Å². The monoisotopic (exact) mass is 257 g/mol. The molecule has 0 fully saturated rings. The number of nitriles is 1. The highest BCUT2D eigenvalue weighted by atomic mass is 16.4. The van der Waals surface area contributed by atoms with E-state index in [1.165, 1.54) is 28.9 Å². The average Bonchev–Trinajstić information content (AvgIpc) is 2.67. The summed E-state index contributed by atoms with van der Waals surface area (Å²) in [5.41, 5.74) is 1.44. The molecule has 0 bridgehead atoms. The molecule has 0 aliphatic carbocycles. The number of hydrogen-bond donors (Lipinski definition) is 2. The lowest BCUT2D eigenvalue weighted by molar-refractivity contribution is 0.0697. The van der Waals surface area contributed by atoms with Crippen LogP contribution in [-0.4, -0.2) is 20.9 Å². The number of aromatic carboxylic acids is 1. The molecule has 0 atom stereocenters. The van der Waals surface area contributed by atoms with Crippen LogP contribution in [0, 0.1) is 18.3 Å². The second-order valence-electron chi connectivity index (χ2n) is 4.04. The number of carbonyl (C=O) groups is 1. The van der Waals surface area contributed by atoms with E-state index in [0.717, 1.165) is 0 Å². The van der Waals surface area contributed by atoms with Gasteiger partial charge in [-0.25, -0.2) is 9.48 Å². The molecule has 0 unspecified atom stereocenters. The normalized spacial score (nSPS) is 10.1. The molecule has 1 aromatic heterocycles. The van der Waals surface area contributed by atoms with Gasteiger partial charge < -0.3 is 5.11 Å². The molecule has 0 saturated heterocycles. The molecule has 0 radical (unpaired) electrons. The van der Waals surface area contributed by atoms with Crippen molar-refractivity contribution in [2.75, 3.05) is 0 Å². The van der Waals surface area contributed by atoms with E-state index in [2.05, 4.69) is 5.10 Å². The largest absolute Gasteiger partial charge is 0.478 e. The number of nitrogens with zero attached hydrogens (tertiary/aromatic N) is 2. The molecule has 2 rings (SSSR count). The van der Waals surface area contributed by atoms with Crippen molar-refractivity contribution in [3.63, 3.8) is 0 Å². The van der Waals surface area contributed by atoms with E-state index >= 15 is 0 Å². The minimum absolute atomic E-state index is 0.0430. The van der Waals surface area contributed by atoms with Crippen LogP contribution in [0.3, 0.4) is 0 Å².